The molecule has 0 aliphatic carbocycles. The summed E-state index contributed by atoms with van der Waals surface area (Å²) in [6, 6.07) is 4.28. The Labute approximate surface area is 101 Å². The predicted octanol–water partition coefficient (Wildman–Crippen LogP) is 3.42. The number of anilines is 1. The van der Waals surface area contributed by atoms with Gasteiger partial charge in [0.25, 0.3) is 6.43 Å². The highest BCUT2D eigenvalue weighted by molar-refractivity contribution is 6.35. The molecule has 0 unspecified atom stereocenters. The van der Waals surface area contributed by atoms with Gasteiger partial charge in [-0.2, -0.15) is 0 Å². The zero-order chi connectivity index (χ0) is 12.6. The molecular weight excluding hydrogens is 250 g/mol. The van der Waals surface area contributed by atoms with Crippen LogP contribution < -0.4 is 10.5 Å². The molecular formula is C11H9ClF2N2O. The summed E-state index contributed by atoms with van der Waals surface area (Å²) in [5, 5.41) is 0.708. The molecule has 1 aromatic heterocycles. The molecule has 0 atom stereocenters. The molecule has 6 heteroatoms. The molecule has 0 bridgehead atoms. The van der Waals surface area contributed by atoms with Crippen LogP contribution in [0, 0.1) is 0 Å². The summed E-state index contributed by atoms with van der Waals surface area (Å²) in [7, 11) is 1.46. The number of pyridine rings is 1. The maximum absolute atomic E-state index is 12.6. The molecule has 0 saturated carbocycles. The maximum atomic E-state index is 12.6. The van der Waals surface area contributed by atoms with Crippen molar-refractivity contribution in [2.24, 2.45) is 0 Å². The first-order chi connectivity index (χ1) is 8.04. The molecule has 0 amide bonds. The molecule has 17 heavy (non-hydrogen) atoms. The predicted molar refractivity (Wildman–Crippen MR) is 62.7 cm³/mol. The van der Waals surface area contributed by atoms with Crippen LogP contribution in [0.2, 0.25) is 5.02 Å². The van der Waals surface area contributed by atoms with Crippen LogP contribution in [0.5, 0.6) is 5.75 Å². The molecule has 0 fully saturated rings. The van der Waals surface area contributed by atoms with Crippen molar-refractivity contribution < 1.29 is 13.5 Å². The molecule has 2 N–H and O–H groups in total. The van der Waals surface area contributed by atoms with Crippen molar-refractivity contribution in [3.8, 4) is 5.75 Å². The largest absolute Gasteiger partial charge is 0.496 e. The lowest BCUT2D eigenvalue weighted by Gasteiger charge is -2.10. The van der Waals surface area contributed by atoms with E-state index in [1.165, 1.54) is 13.2 Å². The van der Waals surface area contributed by atoms with Gasteiger partial charge in [-0.15, -0.1) is 0 Å². The molecule has 2 aromatic rings. The van der Waals surface area contributed by atoms with E-state index >= 15 is 0 Å². The summed E-state index contributed by atoms with van der Waals surface area (Å²) in [5.41, 5.74) is 5.72. The molecule has 90 valence electrons. The first-order valence-corrected chi connectivity index (χ1v) is 5.13. The van der Waals surface area contributed by atoms with Crippen LogP contribution in [-0.4, -0.2) is 12.1 Å². The minimum absolute atomic E-state index is 0.171. The van der Waals surface area contributed by atoms with E-state index < -0.39 is 12.1 Å². The third kappa shape index (κ3) is 1.98. The molecule has 1 heterocycles. The van der Waals surface area contributed by atoms with Crippen molar-refractivity contribution in [3.05, 3.63) is 28.9 Å². The number of hydrogen-bond donors (Lipinski definition) is 1. The van der Waals surface area contributed by atoms with Gasteiger partial charge in [0.2, 0.25) is 0 Å². The van der Waals surface area contributed by atoms with E-state index in [4.69, 9.17) is 22.1 Å². The number of hydrogen-bond acceptors (Lipinski definition) is 3. The SMILES string of the molecule is COc1ccc(Cl)c2nc(C(F)F)cc(N)c12. The van der Waals surface area contributed by atoms with Gasteiger partial charge in [-0.3, -0.25) is 0 Å². The van der Waals surface area contributed by atoms with Crippen LogP contribution in [0.3, 0.4) is 0 Å². The monoisotopic (exact) mass is 258 g/mol. The zero-order valence-corrected chi connectivity index (χ0v) is 9.63. The summed E-state index contributed by atoms with van der Waals surface area (Å²) < 4.78 is 30.3. The summed E-state index contributed by atoms with van der Waals surface area (Å²) in [6.45, 7) is 0. The Morgan fingerprint density at radius 3 is 2.71 bits per heavy atom. The van der Waals surface area contributed by atoms with Gasteiger partial charge >= 0.3 is 0 Å². The lowest BCUT2D eigenvalue weighted by atomic mass is 10.1. The van der Waals surface area contributed by atoms with Crippen molar-refractivity contribution in [3.63, 3.8) is 0 Å². The number of ether oxygens (including phenoxy) is 1. The van der Waals surface area contributed by atoms with Crippen LogP contribution in [0.15, 0.2) is 18.2 Å². The van der Waals surface area contributed by atoms with Crippen LogP contribution in [0.25, 0.3) is 10.9 Å². The van der Waals surface area contributed by atoms with E-state index in [1.807, 2.05) is 0 Å². The molecule has 0 saturated heterocycles. The van der Waals surface area contributed by atoms with Gasteiger partial charge in [-0.05, 0) is 18.2 Å². The second kappa shape index (κ2) is 4.33. The van der Waals surface area contributed by atoms with Crippen LogP contribution in [0.1, 0.15) is 12.1 Å². The number of benzene rings is 1. The summed E-state index contributed by atoms with van der Waals surface area (Å²) >= 11 is 5.92. The van der Waals surface area contributed by atoms with Crippen LogP contribution >= 0.6 is 11.6 Å². The summed E-state index contributed by atoms with van der Waals surface area (Å²) in [6.07, 6.45) is -2.69. The van der Waals surface area contributed by atoms with Gasteiger partial charge in [0.05, 0.1) is 23.0 Å². The first kappa shape index (κ1) is 11.9. The van der Waals surface area contributed by atoms with E-state index in [0.29, 0.717) is 11.1 Å². The second-order valence-electron chi connectivity index (χ2n) is 3.41. The fourth-order valence-electron chi connectivity index (χ4n) is 1.61. The lowest BCUT2D eigenvalue weighted by Crippen LogP contribution is -1.98. The van der Waals surface area contributed by atoms with Crippen molar-refractivity contribution in [1.29, 1.82) is 0 Å². The van der Waals surface area contributed by atoms with Gasteiger partial charge in [0.1, 0.15) is 11.4 Å². The summed E-state index contributed by atoms with van der Waals surface area (Å²) in [5.74, 6) is 0.454. The van der Waals surface area contributed by atoms with Gasteiger partial charge in [0, 0.05) is 5.69 Å². The number of halogens is 3. The fraction of sp³-hybridized carbons (Fsp3) is 0.182. The quantitative estimate of drug-likeness (QED) is 0.898. The number of methoxy groups -OCH3 is 1. The van der Waals surface area contributed by atoms with Crippen molar-refractivity contribution in [2.75, 3.05) is 12.8 Å². The van der Waals surface area contributed by atoms with E-state index in [1.54, 1.807) is 6.07 Å². The topological polar surface area (TPSA) is 48.1 Å². The second-order valence-corrected chi connectivity index (χ2v) is 3.82. The van der Waals surface area contributed by atoms with Gasteiger partial charge in [-0.25, -0.2) is 13.8 Å². The van der Waals surface area contributed by atoms with Crippen LogP contribution in [-0.2, 0) is 0 Å². The molecule has 3 nitrogen and oxygen atoms in total. The van der Waals surface area contributed by atoms with Crippen LogP contribution in [0.4, 0.5) is 14.5 Å². The average molecular weight is 259 g/mol. The smallest absolute Gasteiger partial charge is 0.280 e. The Hall–Kier alpha value is -1.62. The van der Waals surface area contributed by atoms with Gasteiger partial charge < -0.3 is 10.5 Å². The Balaban J connectivity index is 2.84. The molecule has 1 aromatic carbocycles. The van der Waals surface area contributed by atoms with Crippen molar-refractivity contribution in [1.82, 2.24) is 4.98 Å². The molecule has 0 spiro atoms. The fourth-order valence-corrected chi connectivity index (χ4v) is 1.81. The molecule has 0 aliphatic heterocycles. The maximum Gasteiger partial charge on any atom is 0.280 e. The highest BCUT2D eigenvalue weighted by Crippen LogP contribution is 2.36. The Morgan fingerprint density at radius 2 is 2.12 bits per heavy atom. The number of nitrogens with zero attached hydrogens (tertiary/aromatic N) is 1. The van der Waals surface area contributed by atoms with Gasteiger partial charge in [0.15, 0.2) is 0 Å². The van der Waals surface area contributed by atoms with E-state index in [0.717, 1.165) is 6.07 Å². The van der Waals surface area contributed by atoms with E-state index in [-0.39, 0.29) is 16.2 Å². The number of aromatic nitrogens is 1. The summed E-state index contributed by atoms with van der Waals surface area (Å²) in [4.78, 5) is 3.80. The first-order valence-electron chi connectivity index (χ1n) is 4.75. The molecule has 0 aliphatic rings. The minimum Gasteiger partial charge on any atom is -0.496 e. The Kier molecular flexibility index (Phi) is 3.02. The van der Waals surface area contributed by atoms with E-state index in [9.17, 15) is 8.78 Å². The number of fused-ring (bicyclic) bond motifs is 1. The zero-order valence-electron chi connectivity index (χ0n) is 8.88. The Bertz CT molecular complexity index is 575. The minimum atomic E-state index is -2.69. The number of nitrogen functional groups attached to an aromatic ring is 1. The number of nitrogens with two attached hydrogens (primary N) is 1. The number of alkyl halides is 2. The molecule has 2 rings (SSSR count). The Morgan fingerprint density at radius 1 is 1.41 bits per heavy atom. The number of rotatable bonds is 2. The standard InChI is InChI=1S/C11H9ClF2N2O/c1-17-8-3-2-5(12)10-9(8)6(15)4-7(16-10)11(13)14/h2-4,11H,1H3,(H2,15,16). The molecule has 0 radical (unpaired) electrons. The highest BCUT2D eigenvalue weighted by Gasteiger charge is 2.16. The lowest BCUT2D eigenvalue weighted by molar-refractivity contribution is 0.146. The highest BCUT2D eigenvalue weighted by atomic mass is 35.5. The third-order valence-corrected chi connectivity index (χ3v) is 2.67. The van der Waals surface area contributed by atoms with E-state index in [2.05, 4.69) is 4.98 Å². The van der Waals surface area contributed by atoms with Crippen molar-refractivity contribution >= 4 is 28.2 Å². The van der Waals surface area contributed by atoms with Gasteiger partial charge in [-0.1, -0.05) is 11.6 Å². The average Bonchev–Trinajstić information content (AvgIpc) is 2.30. The third-order valence-electron chi connectivity index (χ3n) is 2.37. The van der Waals surface area contributed by atoms with Crippen molar-refractivity contribution in [2.45, 2.75) is 6.43 Å². The normalized spacial score (nSPS) is 11.1.